The van der Waals surface area contributed by atoms with E-state index < -0.39 is 0 Å². The average molecular weight is 334 g/mol. The number of amides is 1. The zero-order valence-electron chi connectivity index (χ0n) is 14.9. The van der Waals surface area contributed by atoms with Crippen LogP contribution in [0.15, 0.2) is 48.5 Å². The molecule has 0 aromatic heterocycles. The maximum atomic E-state index is 12.3. The second kappa shape index (κ2) is 6.64. The van der Waals surface area contributed by atoms with Crippen LogP contribution < -0.4 is 5.32 Å². The van der Waals surface area contributed by atoms with E-state index in [2.05, 4.69) is 34.5 Å². The first-order valence-electron chi connectivity index (χ1n) is 9.32. The van der Waals surface area contributed by atoms with Crippen molar-refractivity contribution in [1.29, 1.82) is 0 Å². The summed E-state index contributed by atoms with van der Waals surface area (Å²) in [4.78, 5) is 14.7. The molecule has 4 rings (SSSR count). The maximum Gasteiger partial charge on any atom is 0.252 e. The number of hydrogen-bond acceptors (Lipinski definition) is 2. The number of likely N-dealkylation sites (tertiary alicyclic amines) is 1. The van der Waals surface area contributed by atoms with E-state index in [1.54, 1.807) is 11.1 Å². The molecule has 2 aromatic carbocycles. The Labute approximate surface area is 150 Å². The van der Waals surface area contributed by atoms with Crippen molar-refractivity contribution in [3.63, 3.8) is 0 Å². The highest BCUT2D eigenvalue weighted by atomic mass is 16.1. The standard InChI is InChI=1S/C22H26N2O/c1-17-5-4-7-19(15-17)21(25)23-16-24-13-11-22(12-14-24)10-9-18-6-2-3-8-20(18)22/h2-8,15H,9-14,16H2,1H3,(H,23,25). The van der Waals surface area contributed by atoms with Crippen molar-refractivity contribution in [2.45, 2.75) is 38.0 Å². The first kappa shape index (κ1) is 16.3. The third-order valence-electron chi connectivity index (χ3n) is 6.02. The molecule has 1 spiro atoms. The van der Waals surface area contributed by atoms with E-state index in [-0.39, 0.29) is 5.91 Å². The Hall–Kier alpha value is -2.13. The first-order chi connectivity index (χ1) is 12.2. The number of carbonyl (C=O) groups excluding carboxylic acids is 1. The van der Waals surface area contributed by atoms with Crippen molar-refractivity contribution in [3.8, 4) is 0 Å². The van der Waals surface area contributed by atoms with Crippen LogP contribution in [0.3, 0.4) is 0 Å². The Morgan fingerprint density at radius 2 is 1.88 bits per heavy atom. The summed E-state index contributed by atoms with van der Waals surface area (Å²) in [6, 6.07) is 16.7. The molecule has 2 aliphatic rings. The third kappa shape index (κ3) is 3.21. The zero-order chi connectivity index (χ0) is 17.3. The lowest BCUT2D eigenvalue weighted by Gasteiger charge is -2.40. The van der Waals surface area contributed by atoms with Crippen LogP contribution in [0.5, 0.6) is 0 Å². The lowest BCUT2D eigenvalue weighted by atomic mass is 9.74. The topological polar surface area (TPSA) is 32.3 Å². The van der Waals surface area contributed by atoms with Gasteiger partial charge in [-0.15, -0.1) is 0 Å². The highest BCUT2D eigenvalue weighted by Gasteiger charge is 2.40. The minimum Gasteiger partial charge on any atom is -0.339 e. The molecule has 25 heavy (non-hydrogen) atoms. The van der Waals surface area contributed by atoms with Gasteiger partial charge >= 0.3 is 0 Å². The fourth-order valence-electron chi connectivity index (χ4n) is 4.49. The third-order valence-corrected chi connectivity index (χ3v) is 6.02. The normalized spacial score (nSPS) is 18.9. The summed E-state index contributed by atoms with van der Waals surface area (Å²) in [5.41, 5.74) is 5.38. The molecule has 3 nitrogen and oxygen atoms in total. The lowest BCUT2D eigenvalue weighted by molar-refractivity contribution is 0.0891. The van der Waals surface area contributed by atoms with E-state index in [1.807, 2.05) is 31.2 Å². The Bertz CT molecular complexity index is 775. The Morgan fingerprint density at radius 3 is 2.68 bits per heavy atom. The Balaban J connectivity index is 1.33. The summed E-state index contributed by atoms with van der Waals surface area (Å²) in [7, 11) is 0. The van der Waals surface area contributed by atoms with Gasteiger partial charge in [-0.2, -0.15) is 0 Å². The van der Waals surface area contributed by atoms with Crippen molar-refractivity contribution in [3.05, 3.63) is 70.8 Å². The fraction of sp³-hybridized carbons (Fsp3) is 0.409. The van der Waals surface area contributed by atoms with Gasteiger partial charge in [0, 0.05) is 18.7 Å². The monoisotopic (exact) mass is 334 g/mol. The molecule has 0 radical (unpaired) electrons. The van der Waals surface area contributed by atoms with E-state index >= 15 is 0 Å². The Kier molecular flexibility index (Phi) is 4.34. The smallest absolute Gasteiger partial charge is 0.252 e. The molecular weight excluding hydrogens is 308 g/mol. The van der Waals surface area contributed by atoms with Crippen molar-refractivity contribution in [2.24, 2.45) is 0 Å². The molecule has 0 unspecified atom stereocenters. The molecule has 130 valence electrons. The highest BCUT2D eigenvalue weighted by molar-refractivity contribution is 5.94. The minimum atomic E-state index is 0.0233. The van der Waals surface area contributed by atoms with Gasteiger partial charge in [0.25, 0.3) is 5.91 Å². The molecule has 1 N–H and O–H groups in total. The van der Waals surface area contributed by atoms with Crippen LogP contribution >= 0.6 is 0 Å². The van der Waals surface area contributed by atoms with Crippen molar-refractivity contribution in [1.82, 2.24) is 10.2 Å². The number of rotatable bonds is 3. The van der Waals surface area contributed by atoms with Crippen LogP contribution in [0, 0.1) is 6.92 Å². The van der Waals surface area contributed by atoms with Gasteiger partial charge in [-0.25, -0.2) is 0 Å². The van der Waals surface area contributed by atoms with Gasteiger partial charge in [0.15, 0.2) is 0 Å². The van der Waals surface area contributed by atoms with E-state index in [0.717, 1.165) is 24.2 Å². The average Bonchev–Trinajstić information content (AvgIpc) is 3.00. The predicted octanol–water partition coefficient (Wildman–Crippen LogP) is 3.66. The largest absolute Gasteiger partial charge is 0.339 e. The number of nitrogens with one attached hydrogen (secondary N) is 1. The van der Waals surface area contributed by atoms with Crippen LogP contribution in [0.4, 0.5) is 0 Å². The molecule has 2 aromatic rings. The molecule has 1 aliphatic heterocycles. The number of piperidine rings is 1. The summed E-state index contributed by atoms with van der Waals surface area (Å²) < 4.78 is 0. The van der Waals surface area contributed by atoms with Crippen LogP contribution in [0.25, 0.3) is 0 Å². The van der Waals surface area contributed by atoms with Gasteiger partial charge in [-0.3, -0.25) is 9.69 Å². The molecule has 0 bridgehead atoms. The van der Waals surface area contributed by atoms with Crippen molar-refractivity contribution < 1.29 is 4.79 Å². The first-order valence-corrected chi connectivity index (χ1v) is 9.32. The lowest BCUT2D eigenvalue weighted by Crippen LogP contribution is -2.46. The summed E-state index contributed by atoms with van der Waals surface area (Å²) in [6.45, 7) is 4.77. The molecule has 1 saturated heterocycles. The van der Waals surface area contributed by atoms with Gasteiger partial charge in [-0.05, 0) is 61.3 Å². The van der Waals surface area contributed by atoms with E-state index in [9.17, 15) is 4.79 Å². The second-order valence-electron chi connectivity index (χ2n) is 7.59. The van der Waals surface area contributed by atoms with Crippen molar-refractivity contribution in [2.75, 3.05) is 19.8 Å². The summed E-state index contributed by atoms with van der Waals surface area (Å²) in [6.07, 6.45) is 4.91. The molecule has 1 fully saturated rings. The van der Waals surface area contributed by atoms with Crippen molar-refractivity contribution >= 4 is 5.91 Å². The number of carbonyl (C=O) groups is 1. The van der Waals surface area contributed by atoms with Gasteiger partial charge in [0.2, 0.25) is 0 Å². The number of hydrogen-bond donors (Lipinski definition) is 1. The van der Waals surface area contributed by atoms with Gasteiger partial charge in [-0.1, -0.05) is 42.0 Å². The fourth-order valence-corrected chi connectivity index (χ4v) is 4.49. The summed E-state index contributed by atoms with van der Waals surface area (Å²) in [5, 5.41) is 3.08. The van der Waals surface area contributed by atoms with E-state index in [4.69, 9.17) is 0 Å². The predicted molar refractivity (Wildman–Crippen MR) is 101 cm³/mol. The van der Waals surface area contributed by atoms with E-state index in [1.165, 1.54) is 25.7 Å². The second-order valence-corrected chi connectivity index (χ2v) is 7.59. The number of nitrogens with zero attached hydrogens (tertiary/aromatic N) is 1. The molecule has 0 saturated carbocycles. The zero-order valence-corrected chi connectivity index (χ0v) is 14.9. The SMILES string of the molecule is Cc1cccc(C(=O)NCN2CCC3(CCc4ccccc43)CC2)c1. The molecular formula is C22H26N2O. The molecule has 3 heteroatoms. The van der Waals surface area contributed by atoms with Crippen LogP contribution in [-0.2, 0) is 11.8 Å². The van der Waals surface area contributed by atoms with E-state index in [0.29, 0.717) is 12.1 Å². The molecule has 1 heterocycles. The molecule has 1 amide bonds. The Morgan fingerprint density at radius 1 is 1.08 bits per heavy atom. The van der Waals surface area contributed by atoms with Gasteiger partial charge in [0.1, 0.15) is 0 Å². The molecule has 1 aliphatic carbocycles. The summed E-state index contributed by atoms with van der Waals surface area (Å²) >= 11 is 0. The summed E-state index contributed by atoms with van der Waals surface area (Å²) in [5.74, 6) is 0.0233. The van der Waals surface area contributed by atoms with Crippen LogP contribution in [-0.4, -0.2) is 30.6 Å². The maximum absolute atomic E-state index is 12.3. The quantitative estimate of drug-likeness (QED) is 0.929. The number of fused-ring (bicyclic) bond motifs is 2. The van der Waals surface area contributed by atoms with Crippen LogP contribution in [0.2, 0.25) is 0 Å². The van der Waals surface area contributed by atoms with Crippen LogP contribution in [0.1, 0.15) is 46.3 Å². The highest BCUT2D eigenvalue weighted by Crippen LogP contribution is 2.45. The van der Waals surface area contributed by atoms with Gasteiger partial charge in [0.05, 0.1) is 6.67 Å². The molecule has 0 atom stereocenters. The minimum absolute atomic E-state index is 0.0233. The number of benzene rings is 2. The number of aryl methyl sites for hydroxylation is 2. The van der Waals surface area contributed by atoms with Gasteiger partial charge < -0.3 is 5.32 Å².